The number of carbonyl (C=O) groups is 2. The Labute approximate surface area is 341 Å². The molecule has 2 fully saturated rings. The lowest BCUT2D eigenvalue weighted by molar-refractivity contribution is -0.165. The third-order valence-corrected chi connectivity index (χ3v) is 11.4. The molecule has 314 valence electrons. The summed E-state index contributed by atoms with van der Waals surface area (Å²) in [6.45, 7) is 8.33. The number of hydrogen-bond acceptors (Lipinski definition) is 10. The van der Waals surface area contributed by atoms with E-state index < -0.39 is 36.4 Å². The quantitative estimate of drug-likeness (QED) is 0.0856. The first-order valence-corrected chi connectivity index (χ1v) is 20.0. The molecule has 0 spiro atoms. The molecular formula is C46H60N2O10. The zero-order valence-corrected chi connectivity index (χ0v) is 33.4. The summed E-state index contributed by atoms with van der Waals surface area (Å²) in [4.78, 5) is 24.3. The van der Waals surface area contributed by atoms with Crippen molar-refractivity contribution in [3.8, 4) is 11.5 Å². The zero-order valence-electron chi connectivity index (χ0n) is 33.4. The minimum atomic E-state index is -2.27. The Hall–Kier alpha value is -4.82. The van der Waals surface area contributed by atoms with Gasteiger partial charge in [0.1, 0.15) is 11.5 Å². The first-order valence-electron chi connectivity index (χ1n) is 20.0. The van der Waals surface area contributed by atoms with E-state index in [9.17, 15) is 30.0 Å². The Balaban J connectivity index is 0.000000209. The van der Waals surface area contributed by atoms with Crippen molar-refractivity contribution >= 4 is 11.9 Å². The van der Waals surface area contributed by atoms with Crippen molar-refractivity contribution in [3.05, 3.63) is 131 Å². The fourth-order valence-electron chi connectivity index (χ4n) is 7.59. The highest BCUT2D eigenvalue weighted by atomic mass is 16.4. The highest BCUT2D eigenvalue weighted by Gasteiger charge is 2.30. The molecule has 2 aliphatic rings. The Morgan fingerprint density at radius 3 is 1.09 bits per heavy atom. The lowest BCUT2D eigenvalue weighted by Gasteiger charge is -2.38. The number of hydrogen-bond donors (Lipinski definition) is 8. The SMILES string of the molecule is CC(C(O)c1ccc(O)cc1)N1CCC(Cc2ccccc2)CC1.CC(C(O)c1ccc(O)cc1)N1CCC(Cc2ccccc2)CC1.O=C(O)[C@H](O)[C@@H](O)C(=O)O. The van der Waals surface area contributed by atoms with Gasteiger partial charge in [0.15, 0.2) is 12.2 Å². The van der Waals surface area contributed by atoms with E-state index in [0.717, 1.165) is 62.0 Å². The molecule has 4 aromatic rings. The molecule has 58 heavy (non-hydrogen) atoms. The number of aliphatic hydroxyl groups excluding tert-OH is 4. The van der Waals surface area contributed by atoms with Crippen molar-refractivity contribution in [1.82, 2.24) is 9.80 Å². The fraction of sp³-hybridized carbons (Fsp3) is 0.435. The lowest BCUT2D eigenvalue weighted by Crippen LogP contribution is -2.43. The number of phenols is 2. The summed E-state index contributed by atoms with van der Waals surface area (Å²) >= 11 is 0. The second kappa shape index (κ2) is 22.9. The number of aliphatic hydroxyl groups is 4. The van der Waals surface area contributed by atoms with Gasteiger partial charge < -0.3 is 40.9 Å². The number of carboxylic acids is 2. The molecule has 4 unspecified atom stereocenters. The van der Waals surface area contributed by atoms with E-state index in [0.29, 0.717) is 0 Å². The number of benzene rings is 4. The number of rotatable bonds is 13. The minimum Gasteiger partial charge on any atom is -0.508 e. The van der Waals surface area contributed by atoms with Gasteiger partial charge in [-0.05, 0) is 137 Å². The van der Waals surface area contributed by atoms with Crippen molar-refractivity contribution < 1.29 is 50.4 Å². The number of nitrogens with zero attached hydrogens (tertiary/aromatic N) is 2. The third kappa shape index (κ3) is 14.2. The Bertz CT molecular complexity index is 1650. The van der Waals surface area contributed by atoms with Crippen LogP contribution in [0.25, 0.3) is 0 Å². The third-order valence-electron chi connectivity index (χ3n) is 11.4. The van der Waals surface area contributed by atoms with Crippen molar-refractivity contribution in [1.29, 1.82) is 0 Å². The number of aliphatic carboxylic acids is 2. The molecular weight excluding hydrogens is 741 g/mol. The molecule has 12 heteroatoms. The van der Waals surface area contributed by atoms with Gasteiger partial charge in [-0.3, -0.25) is 9.80 Å². The van der Waals surface area contributed by atoms with E-state index in [4.69, 9.17) is 20.4 Å². The largest absolute Gasteiger partial charge is 0.508 e. The van der Waals surface area contributed by atoms with Crippen molar-refractivity contribution in [3.63, 3.8) is 0 Å². The summed E-state index contributed by atoms with van der Waals surface area (Å²) in [5.41, 5.74) is 4.58. The van der Waals surface area contributed by atoms with Crippen LogP contribution in [0, 0.1) is 11.8 Å². The van der Waals surface area contributed by atoms with Gasteiger partial charge in [-0.25, -0.2) is 9.59 Å². The molecule has 12 nitrogen and oxygen atoms in total. The molecule has 0 bridgehead atoms. The first kappa shape index (κ1) is 45.9. The van der Waals surface area contributed by atoms with E-state index in [1.54, 1.807) is 48.5 Å². The highest BCUT2D eigenvalue weighted by Crippen LogP contribution is 2.30. The van der Waals surface area contributed by atoms with E-state index in [1.165, 1.54) is 36.8 Å². The topological polar surface area (TPSA) is 202 Å². The van der Waals surface area contributed by atoms with Crippen molar-refractivity contribution in [2.75, 3.05) is 26.2 Å². The molecule has 0 radical (unpaired) electrons. The van der Waals surface area contributed by atoms with Crippen molar-refractivity contribution in [2.45, 2.75) is 88.9 Å². The molecule has 0 saturated carbocycles. The summed E-state index contributed by atoms with van der Waals surface area (Å²) in [5, 5.41) is 72.5. The molecule has 2 heterocycles. The summed E-state index contributed by atoms with van der Waals surface area (Å²) in [7, 11) is 0. The van der Waals surface area contributed by atoms with Crippen LogP contribution in [0.2, 0.25) is 0 Å². The Kier molecular flexibility index (Phi) is 18.1. The molecule has 2 aliphatic heterocycles. The van der Waals surface area contributed by atoms with Gasteiger partial charge >= 0.3 is 11.9 Å². The molecule has 0 amide bonds. The van der Waals surface area contributed by atoms with Crippen LogP contribution < -0.4 is 0 Å². The number of likely N-dealkylation sites (tertiary alicyclic amines) is 2. The second-order valence-corrected chi connectivity index (χ2v) is 15.5. The molecule has 6 rings (SSSR count). The van der Waals surface area contributed by atoms with Gasteiger partial charge in [0.05, 0.1) is 12.2 Å². The highest BCUT2D eigenvalue weighted by molar-refractivity contribution is 5.83. The predicted molar refractivity (Wildman–Crippen MR) is 221 cm³/mol. The smallest absolute Gasteiger partial charge is 0.335 e. The normalized spacial score (nSPS) is 18.5. The number of aromatic hydroxyl groups is 2. The van der Waals surface area contributed by atoms with Gasteiger partial charge in [0.25, 0.3) is 0 Å². The van der Waals surface area contributed by atoms with Crippen LogP contribution in [0.15, 0.2) is 109 Å². The molecule has 0 aliphatic carbocycles. The van der Waals surface area contributed by atoms with Crippen LogP contribution >= 0.6 is 0 Å². The van der Waals surface area contributed by atoms with Crippen molar-refractivity contribution in [2.24, 2.45) is 11.8 Å². The standard InChI is InChI=1S/2C21H27NO2.C4H6O6/c2*1-16(21(24)19-7-9-20(23)10-8-19)22-13-11-18(12-14-22)15-17-5-3-2-4-6-17;5-1(3(7)8)2(6)4(9)10/h2*2-10,16,18,21,23-24H,11-15H2,1H3;1-2,5-6H,(H,7,8)(H,9,10)/t;;1-,2-/m..1/s1. The second-order valence-electron chi connectivity index (χ2n) is 15.5. The van der Waals surface area contributed by atoms with Gasteiger partial charge in [0, 0.05) is 12.1 Å². The van der Waals surface area contributed by atoms with Gasteiger partial charge in [-0.2, -0.15) is 0 Å². The van der Waals surface area contributed by atoms with Gasteiger partial charge in [-0.15, -0.1) is 0 Å². The van der Waals surface area contributed by atoms with Crippen LogP contribution in [0.5, 0.6) is 11.5 Å². The van der Waals surface area contributed by atoms with E-state index >= 15 is 0 Å². The maximum atomic E-state index is 10.6. The van der Waals surface area contributed by atoms with Gasteiger partial charge in [-0.1, -0.05) is 84.9 Å². The number of phenolic OH excluding ortho intramolecular Hbond substituents is 2. The van der Waals surface area contributed by atoms with Crippen LogP contribution in [0.4, 0.5) is 0 Å². The molecule has 4 aromatic carbocycles. The van der Waals surface area contributed by atoms with Crippen LogP contribution in [-0.2, 0) is 22.4 Å². The van der Waals surface area contributed by atoms with E-state index in [1.807, 2.05) is 0 Å². The monoisotopic (exact) mass is 800 g/mol. The average Bonchev–Trinajstić information content (AvgIpc) is 3.24. The van der Waals surface area contributed by atoms with Gasteiger partial charge in [0.2, 0.25) is 0 Å². The summed E-state index contributed by atoms with van der Waals surface area (Å²) in [6.07, 6.45) is 1.47. The average molecular weight is 801 g/mol. The molecule has 6 atom stereocenters. The summed E-state index contributed by atoms with van der Waals surface area (Å²) in [5.74, 6) is -1.59. The lowest BCUT2D eigenvalue weighted by atomic mass is 9.89. The van der Waals surface area contributed by atoms with E-state index in [2.05, 4.69) is 84.3 Å². The molecule has 2 saturated heterocycles. The molecule has 0 aromatic heterocycles. The van der Waals surface area contributed by atoms with Crippen LogP contribution in [0.1, 0.15) is 74.0 Å². The van der Waals surface area contributed by atoms with Crippen LogP contribution in [0.3, 0.4) is 0 Å². The number of piperidine rings is 2. The fourth-order valence-corrected chi connectivity index (χ4v) is 7.59. The molecule has 8 N–H and O–H groups in total. The number of carboxylic acid groups (broad SMARTS) is 2. The zero-order chi connectivity index (χ0) is 42.2. The first-order chi connectivity index (χ1) is 27.7. The summed E-state index contributed by atoms with van der Waals surface area (Å²) in [6, 6.07) is 35.4. The Morgan fingerprint density at radius 1 is 0.517 bits per heavy atom. The minimum absolute atomic E-state index is 0.0900. The Morgan fingerprint density at radius 2 is 0.810 bits per heavy atom. The van der Waals surface area contributed by atoms with E-state index in [-0.39, 0.29) is 23.6 Å². The maximum absolute atomic E-state index is 10.6. The van der Waals surface area contributed by atoms with Crippen LogP contribution in [-0.4, -0.2) is 113 Å². The maximum Gasteiger partial charge on any atom is 0.335 e. The summed E-state index contributed by atoms with van der Waals surface area (Å²) < 4.78 is 0. The predicted octanol–water partition coefficient (Wildman–Crippen LogP) is 5.42.